The van der Waals surface area contributed by atoms with Crippen LogP contribution in [0, 0.1) is 0 Å². The van der Waals surface area contributed by atoms with Crippen LogP contribution in [0.1, 0.15) is 21.5 Å². The van der Waals surface area contributed by atoms with Crippen LogP contribution in [0.2, 0.25) is 10.0 Å². The van der Waals surface area contributed by atoms with Crippen molar-refractivity contribution in [3.63, 3.8) is 0 Å². The van der Waals surface area contributed by atoms with Crippen molar-refractivity contribution in [3.05, 3.63) is 124 Å². The van der Waals surface area contributed by atoms with Crippen molar-refractivity contribution in [1.82, 2.24) is 4.72 Å². The van der Waals surface area contributed by atoms with Crippen molar-refractivity contribution in [3.8, 4) is 5.75 Å². The van der Waals surface area contributed by atoms with Crippen LogP contribution in [-0.2, 0) is 21.2 Å². The number of hydrogen-bond donors (Lipinski definition) is 2. The number of carbonyl (C=O) groups excluding carboxylic acids is 2. The highest BCUT2D eigenvalue weighted by Gasteiger charge is 2.29. The molecular weight excluding hydrogens is 559 g/mol. The van der Waals surface area contributed by atoms with Gasteiger partial charge in [-0.2, -0.15) is 4.72 Å². The molecule has 0 saturated heterocycles. The van der Waals surface area contributed by atoms with E-state index in [-0.39, 0.29) is 39.1 Å². The molecule has 4 rings (SSSR count). The van der Waals surface area contributed by atoms with Crippen LogP contribution in [0.15, 0.2) is 102 Å². The van der Waals surface area contributed by atoms with E-state index in [9.17, 15) is 18.0 Å². The molecule has 0 aliphatic heterocycles. The highest BCUT2D eigenvalue weighted by Crippen LogP contribution is 2.28. The predicted molar refractivity (Wildman–Crippen MR) is 152 cm³/mol. The summed E-state index contributed by atoms with van der Waals surface area (Å²) in [5.74, 6) is -0.954. The summed E-state index contributed by atoms with van der Waals surface area (Å²) in [6.45, 7) is 0. The number of methoxy groups -OCH3 is 1. The lowest BCUT2D eigenvalue weighted by Gasteiger charge is -2.21. The summed E-state index contributed by atoms with van der Waals surface area (Å²) in [5, 5.41) is 3.21. The third-order valence-corrected chi connectivity index (χ3v) is 7.79. The second-order valence-corrected chi connectivity index (χ2v) is 11.1. The second kappa shape index (κ2) is 12.4. The van der Waals surface area contributed by atoms with Gasteiger partial charge in [-0.15, -0.1) is 0 Å². The summed E-state index contributed by atoms with van der Waals surface area (Å²) < 4.78 is 34.5. The fourth-order valence-corrected chi connectivity index (χ4v) is 5.73. The fourth-order valence-electron chi connectivity index (χ4n) is 3.93. The molecule has 1 atom stereocenters. The Balaban J connectivity index is 1.69. The lowest BCUT2D eigenvalue weighted by Crippen LogP contribution is -2.45. The number of nitrogens with one attached hydrogen (secondary N) is 2. The SMILES string of the molecule is COc1ccc(Cl)cc1S(=O)(=O)N[C@@H](Cc1ccccc1)C(=O)Nc1ccc(Cl)cc1C(=O)c1ccccc1. The van der Waals surface area contributed by atoms with Crippen LogP contribution in [-0.4, -0.2) is 33.3 Å². The van der Waals surface area contributed by atoms with E-state index in [2.05, 4.69) is 10.0 Å². The molecule has 4 aromatic carbocycles. The molecule has 0 fully saturated rings. The molecule has 0 aliphatic rings. The Labute approximate surface area is 236 Å². The smallest absolute Gasteiger partial charge is 0.245 e. The first-order valence-corrected chi connectivity index (χ1v) is 14.0. The Bertz CT molecular complexity index is 1600. The quantitative estimate of drug-likeness (QED) is 0.231. The average Bonchev–Trinajstić information content (AvgIpc) is 2.94. The van der Waals surface area contributed by atoms with Gasteiger partial charge in [-0.25, -0.2) is 8.42 Å². The molecule has 0 aliphatic carbocycles. The summed E-state index contributed by atoms with van der Waals surface area (Å²) in [6, 6.07) is 24.9. The van der Waals surface area contributed by atoms with E-state index < -0.39 is 22.0 Å². The van der Waals surface area contributed by atoms with Crippen molar-refractivity contribution in [2.75, 3.05) is 12.4 Å². The van der Waals surface area contributed by atoms with Gasteiger partial charge in [0, 0.05) is 21.2 Å². The molecule has 200 valence electrons. The maximum Gasteiger partial charge on any atom is 0.245 e. The summed E-state index contributed by atoms with van der Waals surface area (Å²) >= 11 is 12.2. The summed E-state index contributed by atoms with van der Waals surface area (Å²) in [6.07, 6.45) is 0.0321. The molecule has 0 radical (unpaired) electrons. The van der Waals surface area contributed by atoms with Gasteiger partial charge in [-0.3, -0.25) is 9.59 Å². The van der Waals surface area contributed by atoms with E-state index in [4.69, 9.17) is 27.9 Å². The Morgan fingerprint density at radius 3 is 2.13 bits per heavy atom. The van der Waals surface area contributed by atoms with Crippen molar-refractivity contribution in [2.45, 2.75) is 17.4 Å². The molecule has 0 heterocycles. The summed E-state index contributed by atoms with van der Waals surface area (Å²) in [7, 11) is -2.93. The molecule has 4 aromatic rings. The number of benzene rings is 4. The van der Waals surface area contributed by atoms with E-state index in [1.165, 1.54) is 43.5 Å². The second-order valence-electron chi connectivity index (χ2n) is 8.53. The number of halogens is 2. The molecule has 0 aromatic heterocycles. The number of ketones is 1. The molecule has 7 nitrogen and oxygen atoms in total. The van der Waals surface area contributed by atoms with Gasteiger partial charge in [0.05, 0.1) is 12.8 Å². The number of carbonyl (C=O) groups is 2. The van der Waals surface area contributed by atoms with Gasteiger partial charge in [-0.05, 0) is 48.4 Å². The lowest BCUT2D eigenvalue weighted by atomic mass is 10.0. The Kier molecular flexibility index (Phi) is 9.04. The van der Waals surface area contributed by atoms with Gasteiger partial charge >= 0.3 is 0 Å². The van der Waals surface area contributed by atoms with Gasteiger partial charge in [0.15, 0.2) is 5.78 Å². The molecule has 39 heavy (non-hydrogen) atoms. The van der Waals surface area contributed by atoms with Crippen molar-refractivity contribution < 1.29 is 22.7 Å². The minimum absolute atomic E-state index is 0.0321. The predicted octanol–water partition coefficient (Wildman–Crippen LogP) is 5.76. The molecule has 2 N–H and O–H groups in total. The molecule has 0 unspecified atom stereocenters. The number of sulfonamides is 1. The molecular formula is C29H24Cl2N2O5S. The first kappa shape index (κ1) is 28.3. The first-order valence-electron chi connectivity index (χ1n) is 11.8. The average molecular weight is 583 g/mol. The Hall–Kier alpha value is -3.69. The van der Waals surface area contributed by atoms with E-state index in [0.717, 1.165) is 5.56 Å². The van der Waals surface area contributed by atoms with Gasteiger partial charge in [-0.1, -0.05) is 83.9 Å². The largest absolute Gasteiger partial charge is 0.495 e. The fraction of sp³-hybridized carbons (Fsp3) is 0.103. The topological polar surface area (TPSA) is 102 Å². The zero-order valence-corrected chi connectivity index (χ0v) is 23.1. The van der Waals surface area contributed by atoms with Crippen LogP contribution in [0.5, 0.6) is 5.75 Å². The highest BCUT2D eigenvalue weighted by atomic mass is 35.5. The van der Waals surface area contributed by atoms with E-state index in [1.54, 1.807) is 54.6 Å². The Morgan fingerprint density at radius 1 is 0.846 bits per heavy atom. The minimum atomic E-state index is -4.27. The summed E-state index contributed by atoms with van der Waals surface area (Å²) in [5.41, 5.74) is 1.48. The third kappa shape index (κ3) is 7.04. The van der Waals surface area contributed by atoms with E-state index >= 15 is 0 Å². The normalized spacial score (nSPS) is 12.0. The monoisotopic (exact) mass is 582 g/mol. The molecule has 0 saturated carbocycles. The third-order valence-electron chi connectivity index (χ3n) is 5.83. The van der Waals surface area contributed by atoms with E-state index in [1.807, 2.05) is 6.07 Å². The Morgan fingerprint density at radius 2 is 1.46 bits per heavy atom. The molecule has 0 bridgehead atoms. The van der Waals surface area contributed by atoms with Crippen LogP contribution < -0.4 is 14.8 Å². The van der Waals surface area contributed by atoms with Gasteiger partial charge in [0.2, 0.25) is 15.9 Å². The number of amides is 1. The number of rotatable bonds is 10. The summed E-state index contributed by atoms with van der Waals surface area (Å²) in [4.78, 5) is 26.6. The van der Waals surface area contributed by atoms with Gasteiger partial charge in [0.25, 0.3) is 0 Å². The number of ether oxygens (including phenoxy) is 1. The van der Waals surface area contributed by atoms with Crippen molar-refractivity contribution in [1.29, 1.82) is 0 Å². The van der Waals surface area contributed by atoms with Crippen molar-refractivity contribution >= 4 is 50.6 Å². The van der Waals surface area contributed by atoms with Crippen LogP contribution in [0.4, 0.5) is 5.69 Å². The maximum absolute atomic E-state index is 13.6. The van der Waals surface area contributed by atoms with Crippen LogP contribution in [0.25, 0.3) is 0 Å². The van der Waals surface area contributed by atoms with Crippen LogP contribution >= 0.6 is 23.2 Å². The first-order chi connectivity index (χ1) is 18.7. The number of anilines is 1. The molecule has 10 heteroatoms. The molecule has 1 amide bonds. The van der Waals surface area contributed by atoms with Crippen LogP contribution in [0.3, 0.4) is 0 Å². The standard InChI is InChI=1S/C29H24Cl2N2O5S/c1-38-26-15-13-22(31)18-27(26)39(36,37)33-25(16-19-8-4-2-5-9-19)29(35)32-24-14-12-21(30)17-23(24)28(34)20-10-6-3-7-11-20/h2-15,17-18,25,33H,16H2,1H3,(H,32,35)/t25-/m0/s1. The minimum Gasteiger partial charge on any atom is -0.495 e. The zero-order chi connectivity index (χ0) is 28.0. The van der Waals surface area contributed by atoms with Crippen molar-refractivity contribution in [2.24, 2.45) is 0 Å². The van der Waals surface area contributed by atoms with Gasteiger partial charge < -0.3 is 10.1 Å². The lowest BCUT2D eigenvalue weighted by molar-refractivity contribution is -0.117. The van der Waals surface area contributed by atoms with Gasteiger partial charge in [0.1, 0.15) is 16.7 Å². The molecule has 0 spiro atoms. The van der Waals surface area contributed by atoms with E-state index in [0.29, 0.717) is 10.6 Å². The maximum atomic E-state index is 13.6. The highest BCUT2D eigenvalue weighted by molar-refractivity contribution is 7.89. The number of hydrogen-bond acceptors (Lipinski definition) is 5. The zero-order valence-electron chi connectivity index (χ0n) is 20.7.